The molecule has 0 bridgehead atoms. The van der Waals surface area contributed by atoms with Crippen molar-refractivity contribution in [3.8, 4) is 28.5 Å². The Bertz CT molecular complexity index is 2790. The number of nitrogens with zero attached hydrogens (tertiary/aromatic N) is 10. The Balaban J connectivity index is 0.618. The molecule has 3 aromatic carbocycles. The number of piperidine rings is 3. The maximum atomic E-state index is 13.4. The van der Waals surface area contributed by atoms with Crippen LogP contribution in [0.4, 0.5) is 17.2 Å². The average Bonchev–Trinajstić information content (AvgIpc) is 3.97. The molecule has 2 unspecified atom stereocenters. The number of aromatic nitrogens is 5. The summed E-state index contributed by atoms with van der Waals surface area (Å²) in [7, 11) is 0. The lowest BCUT2D eigenvalue weighted by atomic mass is 10.0. The van der Waals surface area contributed by atoms with Crippen LogP contribution in [-0.4, -0.2) is 146 Å². The molecular weight excluding hydrogens is 909 g/mol. The van der Waals surface area contributed by atoms with E-state index < -0.39 is 29.7 Å². The third kappa shape index (κ3) is 10.3. The van der Waals surface area contributed by atoms with E-state index in [-0.39, 0.29) is 65.9 Å². The lowest BCUT2D eigenvalue weighted by Crippen LogP contribution is -2.54. The quantitative estimate of drug-likeness (QED) is 0.0985. The number of phenolic OH excluding ortho intramolecular Hbond substituents is 1. The molecule has 20 nitrogen and oxygen atoms in total. The van der Waals surface area contributed by atoms with E-state index in [9.17, 15) is 29.1 Å². The number of carbonyl (C=O) groups is 5. The SMILES string of the molecule is Nc1nnc(-c2ccccc2O)cc1OC1CCCN(c2ccc(N3CCN(CCCCC(=O)N4CCC(n5cc(COc6cccc7c6C(=O)N(C6CCC(=O)NC6=O)C7=O)nn5)CC4)CC3)cc2)C1. The molecule has 20 heteroatoms. The smallest absolute Gasteiger partial charge is 0.266 e. The van der Waals surface area contributed by atoms with Crippen molar-refractivity contribution in [2.45, 2.75) is 82.6 Å². The minimum absolute atomic E-state index is 0.00559. The number of aromatic hydroxyl groups is 1. The van der Waals surface area contributed by atoms with Crippen molar-refractivity contribution in [3.63, 3.8) is 0 Å². The number of piperazine rings is 1. The summed E-state index contributed by atoms with van der Waals surface area (Å²) in [6.45, 7) is 7.76. The molecule has 370 valence electrons. The minimum Gasteiger partial charge on any atom is -0.507 e. The van der Waals surface area contributed by atoms with Gasteiger partial charge in [0, 0.05) is 81.7 Å². The zero-order valence-corrected chi connectivity index (χ0v) is 39.5. The predicted molar refractivity (Wildman–Crippen MR) is 261 cm³/mol. The second-order valence-electron chi connectivity index (χ2n) is 18.8. The first kappa shape index (κ1) is 47.1. The summed E-state index contributed by atoms with van der Waals surface area (Å²) < 4.78 is 14.2. The van der Waals surface area contributed by atoms with Crippen molar-refractivity contribution < 1.29 is 38.6 Å². The Morgan fingerprint density at radius 2 is 1.54 bits per heavy atom. The monoisotopic (exact) mass is 966 g/mol. The number of anilines is 3. The number of para-hydroxylation sites is 1. The molecule has 4 fully saturated rings. The summed E-state index contributed by atoms with van der Waals surface area (Å²) in [4.78, 5) is 74.2. The van der Waals surface area contributed by atoms with E-state index in [1.807, 2.05) is 21.8 Å². The summed E-state index contributed by atoms with van der Waals surface area (Å²) in [5.74, 6) is -1.15. The fourth-order valence-corrected chi connectivity index (χ4v) is 10.3. The van der Waals surface area contributed by atoms with Crippen LogP contribution in [-0.2, 0) is 21.0 Å². The number of rotatable bonds is 15. The lowest BCUT2D eigenvalue weighted by Gasteiger charge is -2.37. The molecule has 0 saturated carbocycles. The van der Waals surface area contributed by atoms with Crippen molar-refractivity contribution in [2.75, 3.05) is 74.4 Å². The summed E-state index contributed by atoms with van der Waals surface area (Å²) >= 11 is 0. The first-order valence-corrected chi connectivity index (χ1v) is 24.6. The van der Waals surface area contributed by atoms with E-state index in [4.69, 9.17) is 15.2 Å². The van der Waals surface area contributed by atoms with Crippen LogP contribution in [0.1, 0.15) is 90.2 Å². The maximum absolute atomic E-state index is 13.4. The van der Waals surface area contributed by atoms with Gasteiger partial charge in [-0.2, -0.15) is 0 Å². The van der Waals surface area contributed by atoms with Crippen LogP contribution in [0.15, 0.2) is 79.0 Å². The van der Waals surface area contributed by atoms with Crippen LogP contribution in [0.5, 0.6) is 17.2 Å². The van der Waals surface area contributed by atoms with Gasteiger partial charge in [-0.15, -0.1) is 15.3 Å². The summed E-state index contributed by atoms with van der Waals surface area (Å²) in [6.07, 6.45) is 7.57. The molecule has 0 radical (unpaired) electrons. The van der Waals surface area contributed by atoms with E-state index >= 15 is 0 Å². The van der Waals surface area contributed by atoms with Gasteiger partial charge in [-0.05, 0) is 100 Å². The first-order chi connectivity index (χ1) is 34.6. The number of amides is 5. The largest absolute Gasteiger partial charge is 0.507 e. The number of nitrogens with one attached hydrogen (secondary N) is 1. The van der Waals surface area contributed by atoms with Gasteiger partial charge in [0.05, 0.1) is 29.9 Å². The molecule has 10 rings (SSSR count). The number of nitrogens with two attached hydrogens (primary N) is 1. The Kier molecular flexibility index (Phi) is 13.8. The van der Waals surface area contributed by atoms with Gasteiger partial charge < -0.3 is 35.0 Å². The molecular formula is C51H58N12O8. The van der Waals surface area contributed by atoms with Gasteiger partial charge in [0.1, 0.15) is 41.6 Å². The zero-order chi connectivity index (χ0) is 49.0. The van der Waals surface area contributed by atoms with Crippen molar-refractivity contribution in [1.29, 1.82) is 0 Å². The molecule has 2 aromatic heterocycles. The van der Waals surface area contributed by atoms with Crippen LogP contribution in [0.25, 0.3) is 11.3 Å². The molecule has 4 saturated heterocycles. The fraction of sp³-hybridized carbons (Fsp3) is 0.431. The molecule has 4 N–H and O–H groups in total. The van der Waals surface area contributed by atoms with Crippen molar-refractivity contribution in [3.05, 3.63) is 95.8 Å². The molecule has 5 aliphatic heterocycles. The van der Waals surface area contributed by atoms with Gasteiger partial charge in [0.25, 0.3) is 11.8 Å². The molecule has 0 aliphatic carbocycles. The van der Waals surface area contributed by atoms with Crippen LogP contribution >= 0.6 is 0 Å². The normalized spacial score (nSPS) is 20.1. The van der Waals surface area contributed by atoms with Crippen LogP contribution in [0.3, 0.4) is 0 Å². The number of nitrogen functional groups attached to an aromatic ring is 1. The zero-order valence-electron chi connectivity index (χ0n) is 39.5. The summed E-state index contributed by atoms with van der Waals surface area (Å²) in [5.41, 5.74) is 10.4. The third-order valence-corrected chi connectivity index (χ3v) is 14.3. The molecule has 5 amide bonds. The van der Waals surface area contributed by atoms with Crippen molar-refractivity contribution in [2.24, 2.45) is 0 Å². The number of unbranched alkanes of at least 4 members (excludes halogenated alkanes) is 1. The number of fused-ring (bicyclic) bond motifs is 1. The topological polar surface area (TPSA) is 235 Å². The van der Waals surface area contributed by atoms with Gasteiger partial charge in [0.15, 0.2) is 11.6 Å². The average molecular weight is 967 g/mol. The van der Waals surface area contributed by atoms with Crippen LogP contribution in [0.2, 0.25) is 0 Å². The van der Waals surface area contributed by atoms with Gasteiger partial charge in [-0.3, -0.25) is 39.1 Å². The number of hydrogen-bond acceptors (Lipinski definition) is 16. The third-order valence-electron chi connectivity index (χ3n) is 14.3. The molecule has 0 spiro atoms. The summed E-state index contributed by atoms with van der Waals surface area (Å²) in [5, 5.41) is 29.4. The molecule has 5 aromatic rings. The lowest BCUT2D eigenvalue weighted by molar-refractivity contribution is -0.136. The van der Waals surface area contributed by atoms with E-state index in [0.717, 1.165) is 94.9 Å². The minimum atomic E-state index is -1.07. The second-order valence-corrected chi connectivity index (χ2v) is 18.8. The van der Waals surface area contributed by atoms with Gasteiger partial charge in [0.2, 0.25) is 17.7 Å². The van der Waals surface area contributed by atoms with E-state index in [2.05, 4.69) is 64.8 Å². The highest BCUT2D eigenvalue weighted by Gasteiger charge is 2.46. The predicted octanol–water partition coefficient (Wildman–Crippen LogP) is 4.21. The highest BCUT2D eigenvalue weighted by atomic mass is 16.5. The van der Waals surface area contributed by atoms with Crippen molar-refractivity contribution in [1.82, 2.24) is 45.2 Å². The molecule has 5 aliphatic rings. The Labute approximate surface area is 410 Å². The standard InChI is InChI=1S/C51H58N12O8/c52-48-44(29-40(55-56-48)38-8-1-2-10-42(38)64)71-37-7-6-22-61(31-37)35-15-13-34(14-16-35)59-27-25-58(26-28-59)21-4-3-12-46(66)60-23-19-36(20-24-60)62-30-33(54-57-62)32-70-43-11-5-9-39-47(43)51(69)63(50(39)68)41-17-18-45(65)53-49(41)67/h1-2,5,8-11,13-16,29-30,36-37,41,64H,3-4,6-7,12,17-28,31-32H2,(H2,52,56)(H,53,65,67). The van der Waals surface area contributed by atoms with E-state index in [1.165, 1.54) is 11.8 Å². The Hall–Kier alpha value is -7.61. The number of likely N-dealkylation sites (tertiary alicyclic amines) is 1. The Morgan fingerprint density at radius 1 is 0.775 bits per heavy atom. The van der Waals surface area contributed by atoms with E-state index in [0.29, 0.717) is 42.2 Å². The van der Waals surface area contributed by atoms with Gasteiger partial charge >= 0.3 is 0 Å². The number of ether oxygens (including phenoxy) is 2. The van der Waals surface area contributed by atoms with Crippen LogP contribution in [0, 0.1) is 0 Å². The number of carbonyl (C=O) groups excluding carboxylic acids is 5. The van der Waals surface area contributed by atoms with Crippen molar-refractivity contribution >= 4 is 46.7 Å². The highest BCUT2D eigenvalue weighted by molar-refractivity contribution is 6.24. The highest BCUT2D eigenvalue weighted by Crippen LogP contribution is 2.35. The maximum Gasteiger partial charge on any atom is 0.266 e. The molecule has 2 atom stereocenters. The number of phenols is 1. The molecule has 71 heavy (non-hydrogen) atoms. The van der Waals surface area contributed by atoms with E-state index in [1.54, 1.807) is 36.4 Å². The number of hydrogen-bond donors (Lipinski definition) is 3. The summed E-state index contributed by atoms with van der Waals surface area (Å²) in [6, 6.07) is 21.3. The van der Waals surface area contributed by atoms with Crippen LogP contribution < -0.4 is 30.3 Å². The molecule has 7 heterocycles. The number of benzene rings is 3. The van der Waals surface area contributed by atoms with Gasteiger partial charge in [-0.25, -0.2) is 4.68 Å². The number of imide groups is 2. The Morgan fingerprint density at radius 3 is 2.31 bits per heavy atom. The second kappa shape index (κ2) is 20.8. The first-order valence-electron chi connectivity index (χ1n) is 24.6. The fourth-order valence-electron chi connectivity index (χ4n) is 10.3. The van der Waals surface area contributed by atoms with Gasteiger partial charge in [-0.1, -0.05) is 23.4 Å².